The van der Waals surface area contributed by atoms with Crippen LogP contribution in [0.1, 0.15) is 49.0 Å². The second-order valence-electron chi connectivity index (χ2n) is 8.53. The largest absolute Gasteiger partial charge is 0.377 e. The van der Waals surface area contributed by atoms with Gasteiger partial charge in [-0.1, -0.05) is 37.6 Å². The van der Waals surface area contributed by atoms with Crippen LogP contribution in [0.5, 0.6) is 0 Å². The zero-order valence-corrected chi connectivity index (χ0v) is 18.9. The fraction of sp³-hybridized carbons (Fsp3) is 0.417. The van der Waals surface area contributed by atoms with Gasteiger partial charge in [0.15, 0.2) is 0 Å². The third-order valence-corrected chi connectivity index (χ3v) is 5.46. The molecule has 160 valence electrons. The molecule has 0 unspecified atom stereocenters. The highest BCUT2D eigenvalue weighted by Gasteiger charge is 2.34. The quantitative estimate of drug-likeness (QED) is 0.630. The van der Waals surface area contributed by atoms with E-state index in [9.17, 15) is 9.59 Å². The van der Waals surface area contributed by atoms with Crippen molar-refractivity contribution in [3.8, 4) is 0 Å². The van der Waals surface area contributed by atoms with Gasteiger partial charge in [0, 0.05) is 44.5 Å². The van der Waals surface area contributed by atoms with Gasteiger partial charge in [-0.05, 0) is 54.7 Å². The predicted octanol–water partition coefficient (Wildman–Crippen LogP) is 5.20. The van der Waals surface area contributed by atoms with Crippen molar-refractivity contribution in [3.63, 3.8) is 0 Å². The number of amides is 2. The van der Waals surface area contributed by atoms with Gasteiger partial charge in [0.1, 0.15) is 0 Å². The molecule has 1 aliphatic rings. The van der Waals surface area contributed by atoms with E-state index in [1.807, 2.05) is 68.1 Å². The zero-order valence-electron chi connectivity index (χ0n) is 18.1. The Morgan fingerprint density at radius 1 is 1.13 bits per heavy atom. The average Bonchev–Trinajstić information content (AvgIpc) is 3.50. The molecule has 2 aromatic carbocycles. The molecule has 1 fully saturated rings. The second-order valence-corrected chi connectivity index (χ2v) is 8.94. The number of anilines is 2. The van der Waals surface area contributed by atoms with E-state index >= 15 is 0 Å². The molecule has 1 N–H and O–H groups in total. The molecular formula is C24H30ClN3O2. The summed E-state index contributed by atoms with van der Waals surface area (Å²) in [5.74, 6) is 0.242. The average molecular weight is 428 g/mol. The van der Waals surface area contributed by atoms with Crippen molar-refractivity contribution in [2.45, 2.75) is 45.7 Å². The van der Waals surface area contributed by atoms with Crippen LogP contribution in [0.2, 0.25) is 5.02 Å². The molecule has 2 amide bonds. The van der Waals surface area contributed by atoms with Crippen LogP contribution >= 0.6 is 11.6 Å². The predicted molar refractivity (Wildman–Crippen MR) is 123 cm³/mol. The van der Waals surface area contributed by atoms with Crippen LogP contribution in [0.4, 0.5) is 11.4 Å². The first-order valence-corrected chi connectivity index (χ1v) is 10.8. The molecule has 0 spiro atoms. The minimum atomic E-state index is -0.0537. The van der Waals surface area contributed by atoms with E-state index in [-0.39, 0.29) is 17.9 Å². The maximum Gasteiger partial charge on any atom is 0.255 e. The highest BCUT2D eigenvalue weighted by molar-refractivity contribution is 6.33. The van der Waals surface area contributed by atoms with Crippen LogP contribution < -0.4 is 10.2 Å². The van der Waals surface area contributed by atoms with Crippen molar-refractivity contribution in [2.75, 3.05) is 24.3 Å². The van der Waals surface area contributed by atoms with Crippen LogP contribution in [0.3, 0.4) is 0 Å². The molecule has 2 aromatic rings. The third kappa shape index (κ3) is 5.54. The van der Waals surface area contributed by atoms with Gasteiger partial charge in [0.05, 0.1) is 10.6 Å². The molecule has 0 radical (unpaired) electrons. The van der Waals surface area contributed by atoms with Crippen LogP contribution in [0.15, 0.2) is 42.5 Å². The van der Waals surface area contributed by atoms with Gasteiger partial charge >= 0.3 is 0 Å². The number of hydrogen-bond donors (Lipinski definition) is 1. The fourth-order valence-corrected chi connectivity index (χ4v) is 3.75. The molecule has 0 atom stereocenters. The summed E-state index contributed by atoms with van der Waals surface area (Å²) in [6, 6.07) is 13.3. The van der Waals surface area contributed by atoms with E-state index in [1.165, 1.54) is 0 Å². The molecule has 30 heavy (non-hydrogen) atoms. The number of nitrogens with zero attached hydrogens (tertiary/aromatic N) is 2. The second kappa shape index (κ2) is 9.52. The lowest BCUT2D eigenvalue weighted by Gasteiger charge is -2.26. The molecule has 6 heteroatoms. The summed E-state index contributed by atoms with van der Waals surface area (Å²) in [7, 11) is 3.96. The van der Waals surface area contributed by atoms with E-state index in [0.717, 1.165) is 29.8 Å². The lowest BCUT2D eigenvalue weighted by Crippen LogP contribution is -2.33. The minimum absolute atomic E-state index is 0.000235. The monoisotopic (exact) mass is 427 g/mol. The highest BCUT2D eigenvalue weighted by Crippen LogP contribution is 2.33. The first-order valence-electron chi connectivity index (χ1n) is 10.4. The van der Waals surface area contributed by atoms with E-state index in [1.54, 1.807) is 12.1 Å². The Kier molecular flexibility index (Phi) is 7.03. The number of nitrogens with one attached hydrogen (secondary N) is 1. The molecule has 5 nitrogen and oxygen atoms in total. The Bertz CT molecular complexity index is 922. The summed E-state index contributed by atoms with van der Waals surface area (Å²) in [5, 5.41) is 3.45. The Labute approximate surface area is 184 Å². The smallest absolute Gasteiger partial charge is 0.255 e. The topological polar surface area (TPSA) is 52.7 Å². The Hall–Kier alpha value is -2.53. The Balaban J connectivity index is 1.88. The van der Waals surface area contributed by atoms with E-state index in [0.29, 0.717) is 29.5 Å². The zero-order chi connectivity index (χ0) is 21.8. The van der Waals surface area contributed by atoms with E-state index in [4.69, 9.17) is 11.6 Å². The molecule has 0 bridgehead atoms. The Morgan fingerprint density at radius 3 is 2.43 bits per heavy atom. The summed E-state index contributed by atoms with van der Waals surface area (Å²) in [6.45, 7) is 4.51. The van der Waals surface area contributed by atoms with Gasteiger partial charge in [0.25, 0.3) is 5.91 Å². The normalized spacial score (nSPS) is 13.3. The molecule has 0 aromatic heterocycles. The minimum Gasteiger partial charge on any atom is -0.377 e. The fourth-order valence-electron chi connectivity index (χ4n) is 3.53. The van der Waals surface area contributed by atoms with Gasteiger partial charge in [0.2, 0.25) is 5.91 Å². The maximum absolute atomic E-state index is 13.3. The first-order chi connectivity index (χ1) is 14.3. The summed E-state index contributed by atoms with van der Waals surface area (Å²) in [6.07, 6.45) is 2.47. The van der Waals surface area contributed by atoms with Crippen LogP contribution in [0.25, 0.3) is 0 Å². The van der Waals surface area contributed by atoms with Crippen molar-refractivity contribution >= 4 is 34.8 Å². The van der Waals surface area contributed by atoms with Crippen molar-refractivity contribution in [2.24, 2.45) is 5.92 Å². The lowest BCUT2D eigenvalue weighted by atomic mass is 10.1. The van der Waals surface area contributed by atoms with Crippen LogP contribution in [-0.2, 0) is 11.3 Å². The Morgan fingerprint density at radius 2 is 1.83 bits per heavy atom. The van der Waals surface area contributed by atoms with Gasteiger partial charge in [-0.3, -0.25) is 9.59 Å². The molecule has 1 saturated carbocycles. The summed E-state index contributed by atoms with van der Waals surface area (Å²) in [5.41, 5.74) is 3.30. The first kappa shape index (κ1) is 22.2. The summed E-state index contributed by atoms with van der Waals surface area (Å²) in [4.78, 5) is 29.4. The molecule has 1 aliphatic carbocycles. The highest BCUT2D eigenvalue weighted by atomic mass is 35.5. The number of carbonyl (C=O) groups is 2. The molecule has 0 saturated heterocycles. The number of halogens is 1. The van der Waals surface area contributed by atoms with Crippen molar-refractivity contribution in [1.29, 1.82) is 0 Å². The van der Waals surface area contributed by atoms with Gasteiger partial charge in [-0.15, -0.1) is 0 Å². The van der Waals surface area contributed by atoms with Crippen LogP contribution in [-0.4, -0.2) is 36.9 Å². The van der Waals surface area contributed by atoms with E-state index in [2.05, 4.69) is 5.32 Å². The lowest BCUT2D eigenvalue weighted by molar-refractivity contribution is -0.116. The third-order valence-electron chi connectivity index (χ3n) is 5.13. The van der Waals surface area contributed by atoms with E-state index < -0.39 is 0 Å². The SMILES string of the molecule is CC(C)CC(=O)Nc1ccc(N(C)C)c(CN(C(=O)c2ccccc2Cl)C2CC2)c1. The summed E-state index contributed by atoms with van der Waals surface area (Å²) >= 11 is 6.29. The molecule has 3 rings (SSSR count). The van der Waals surface area contributed by atoms with Gasteiger partial charge in [-0.2, -0.15) is 0 Å². The maximum atomic E-state index is 13.3. The van der Waals surface area contributed by atoms with Crippen molar-refractivity contribution < 1.29 is 9.59 Å². The number of benzene rings is 2. The van der Waals surface area contributed by atoms with Crippen molar-refractivity contribution in [1.82, 2.24) is 4.90 Å². The standard InChI is InChI=1S/C24H30ClN3O2/c1-16(2)13-23(29)26-18-9-12-22(27(3)4)17(14-18)15-28(19-10-11-19)24(30)20-7-5-6-8-21(20)25/h5-9,12,14,16,19H,10-11,13,15H2,1-4H3,(H,26,29). The number of carbonyl (C=O) groups excluding carboxylic acids is 2. The van der Waals surface area contributed by atoms with Crippen molar-refractivity contribution in [3.05, 3.63) is 58.6 Å². The summed E-state index contributed by atoms with van der Waals surface area (Å²) < 4.78 is 0. The molecule has 0 aliphatic heterocycles. The molecule has 0 heterocycles. The van der Waals surface area contributed by atoms with Crippen LogP contribution in [0, 0.1) is 5.92 Å². The van der Waals surface area contributed by atoms with Gasteiger partial charge < -0.3 is 15.1 Å². The van der Waals surface area contributed by atoms with Gasteiger partial charge in [-0.25, -0.2) is 0 Å². The number of hydrogen-bond acceptors (Lipinski definition) is 3. The number of rotatable bonds is 8. The molecular weight excluding hydrogens is 398 g/mol.